The lowest BCUT2D eigenvalue weighted by atomic mass is 9.86. The number of benzene rings is 2. The summed E-state index contributed by atoms with van der Waals surface area (Å²) in [4.78, 5) is 12.7. The fourth-order valence-electron chi connectivity index (χ4n) is 4.03. The molecule has 1 saturated heterocycles. The number of hydrogen-bond donors (Lipinski definition) is 1. The molecule has 1 N–H and O–H groups in total. The van der Waals surface area contributed by atoms with Crippen LogP contribution in [0.4, 0.5) is 0 Å². The molecule has 0 aliphatic carbocycles. The molecule has 180 valence electrons. The fraction of sp³-hybridized carbons (Fsp3) is 0.480. The molecule has 2 aromatic rings. The third kappa shape index (κ3) is 7.19. The lowest BCUT2D eigenvalue weighted by Crippen LogP contribution is -2.46. The van der Waals surface area contributed by atoms with Gasteiger partial charge >= 0.3 is 0 Å². The molecule has 8 heteroatoms. The highest BCUT2D eigenvalue weighted by Gasteiger charge is 2.32. The maximum absolute atomic E-state index is 12.9. The number of sulfonamides is 1. The van der Waals surface area contributed by atoms with Crippen LogP contribution >= 0.6 is 11.6 Å². The molecular formula is C25H33ClN2O4S. The van der Waals surface area contributed by atoms with Gasteiger partial charge in [-0.2, -0.15) is 0 Å². The number of hydrogen-bond acceptors (Lipinski definition) is 4. The van der Waals surface area contributed by atoms with Gasteiger partial charge in [0.15, 0.2) is 0 Å². The number of ether oxygens (including phenoxy) is 1. The van der Waals surface area contributed by atoms with Gasteiger partial charge in [-0.05, 0) is 47.6 Å². The number of nitrogens with one attached hydrogen (secondary N) is 1. The van der Waals surface area contributed by atoms with E-state index in [1.54, 1.807) is 24.3 Å². The summed E-state index contributed by atoms with van der Waals surface area (Å²) in [5, 5.41) is 3.41. The first kappa shape index (κ1) is 25.5. The Morgan fingerprint density at radius 1 is 1.18 bits per heavy atom. The van der Waals surface area contributed by atoms with Crippen molar-refractivity contribution in [2.75, 3.05) is 26.2 Å². The summed E-state index contributed by atoms with van der Waals surface area (Å²) >= 11 is 5.98. The molecule has 1 fully saturated rings. The molecule has 1 atom stereocenters. The maximum Gasteiger partial charge on any atom is 0.224 e. The molecule has 1 aliphatic rings. The van der Waals surface area contributed by atoms with Crippen LogP contribution in [0.15, 0.2) is 48.5 Å². The van der Waals surface area contributed by atoms with E-state index in [0.717, 1.165) is 11.3 Å². The minimum Gasteiger partial charge on any atom is -0.491 e. The van der Waals surface area contributed by atoms with Crippen molar-refractivity contribution >= 4 is 27.5 Å². The van der Waals surface area contributed by atoms with Gasteiger partial charge in [-0.25, -0.2) is 12.7 Å². The van der Waals surface area contributed by atoms with Crippen LogP contribution in [0.1, 0.15) is 44.7 Å². The topological polar surface area (TPSA) is 75.7 Å². The number of para-hydroxylation sites is 1. The predicted octanol–water partition coefficient (Wildman–Crippen LogP) is 4.37. The third-order valence-electron chi connectivity index (χ3n) is 5.74. The van der Waals surface area contributed by atoms with Crippen molar-refractivity contribution in [1.29, 1.82) is 0 Å². The van der Waals surface area contributed by atoms with Gasteiger partial charge in [0.05, 0.1) is 18.2 Å². The lowest BCUT2D eigenvalue weighted by Gasteiger charge is -2.31. The average Bonchev–Trinajstić information content (AvgIpc) is 2.76. The van der Waals surface area contributed by atoms with Crippen LogP contribution in [-0.4, -0.2) is 44.9 Å². The number of nitrogens with zero attached hydrogens (tertiary/aromatic N) is 1. The minimum absolute atomic E-state index is 0.0397. The Hall–Kier alpha value is -2.09. The fourth-order valence-corrected chi connectivity index (χ4v) is 5.84. The zero-order valence-electron chi connectivity index (χ0n) is 19.5. The van der Waals surface area contributed by atoms with Crippen molar-refractivity contribution < 1.29 is 17.9 Å². The van der Waals surface area contributed by atoms with E-state index in [1.807, 2.05) is 24.3 Å². The Balaban J connectivity index is 1.51. The molecule has 1 amide bonds. The van der Waals surface area contributed by atoms with E-state index < -0.39 is 10.0 Å². The third-order valence-corrected chi connectivity index (χ3v) is 7.79. The van der Waals surface area contributed by atoms with Crippen molar-refractivity contribution in [3.8, 4) is 5.75 Å². The van der Waals surface area contributed by atoms with Gasteiger partial charge in [0.25, 0.3) is 0 Å². The van der Waals surface area contributed by atoms with E-state index in [-0.39, 0.29) is 29.5 Å². The zero-order chi connectivity index (χ0) is 24.1. The monoisotopic (exact) mass is 492 g/mol. The summed E-state index contributed by atoms with van der Waals surface area (Å²) in [5.74, 6) is 0.193. The number of halogens is 1. The van der Waals surface area contributed by atoms with E-state index in [1.165, 1.54) is 4.31 Å². The van der Waals surface area contributed by atoms with E-state index in [9.17, 15) is 13.2 Å². The van der Waals surface area contributed by atoms with E-state index in [4.69, 9.17) is 16.3 Å². The van der Waals surface area contributed by atoms with Crippen molar-refractivity contribution in [3.63, 3.8) is 0 Å². The molecule has 1 unspecified atom stereocenters. The van der Waals surface area contributed by atoms with Crippen LogP contribution in [-0.2, 0) is 26.0 Å². The smallest absolute Gasteiger partial charge is 0.224 e. The summed E-state index contributed by atoms with van der Waals surface area (Å²) in [6.07, 6.45) is 1.32. The molecule has 3 rings (SSSR count). The summed E-state index contributed by atoms with van der Waals surface area (Å²) < 4.78 is 33.1. The van der Waals surface area contributed by atoms with Gasteiger partial charge in [0.1, 0.15) is 12.4 Å². The Bertz CT molecular complexity index is 1070. The zero-order valence-corrected chi connectivity index (χ0v) is 21.1. The van der Waals surface area contributed by atoms with Crippen molar-refractivity contribution in [2.45, 2.75) is 44.8 Å². The summed E-state index contributed by atoms with van der Waals surface area (Å²) in [5.41, 5.74) is 1.72. The summed E-state index contributed by atoms with van der Waals surface area (Å²) in [7, 11) is -3.53. The first-order chi connectivity index (χ1) is 15.6. The van der Waals surface area contributed by atoms with Crippen LogP contribution in [0.2, 0.25) is 5.02 Å². The van der Waals surface area contributed by atoms with E-state index in [0.29, 0.717) is 43.1 Å². The molecule has 6 nitrogen and oxygen atoms in total. The average molecular weight is 493 g/mol. The second-order valence-electron chi connectivity index (χ2n) is 9.47. The van der Waals surface area contributed by atoms with Crippen LogP contribution in [0.5, 0.6) is 5.75 Å². The van der Waals surface area contributed by atoms with Crippen LogP contribution in [0.25, 0.3) is 0 Å². The number of carbonyl (C=O) groups excluding carboxylic acids is 1. The molecule has 1 heterocycles. The van der Waals surface area contributed by atoms with Crippen LogP contribution < -0.4 is 10.1 Å². The Morgan fingerprint density at radius 2 is 1.94 bits per heavy atom. The molecule has 33 heavy (non-hydrogen) atoms. The largest absolute Gasteiger partial charge is 0.491 e. The molecule has 0 bridgehead atoms. The van der Waals surface area contributed by atoms with Crippen LogP contribution in [0.3, 0.4) is 0 Å². The predicted molar refractivity (Wildman–Crippen MR) is 132 cm³/mol. The number of piperidine rings is 1. The Kier molecular flexibility index (Phi) is 8.43. The van der Waals surface area contributed by atoms with Gasteiger partial charge < -0.3 is 10.1 Å². The van der Waals surface area contributed by atoms with Gasteiger partial charge in [0, 0.05) is 18.1 Å². The Morgan fingerprint density at radius 3 is 2.67 bits per heavy atom. The van der Waals surface area contributed by atoms with Crippen molar-refractivity contribution in [2.24, 2.45) is 5.92 Å². The highest BCUT2D eigenvalue weighted by atomic mass is 35.5. The first-order valence-corrected chi connectivity index (χ1v) is 13.3. The molecule has 0 saturated carbocycles. The SMILES string of the molecule is CC(C)(C)c1ccccc1OCCNC(=O)C1CCCN(S(=O)(=O)Cc2cccc(Cl)c2)C1. The van der Waals surface area contributed by atoms with Crippen molar-refractivity contribution in [3.05, 3.63) is 64.7 Å². The highest BCUT2D eigenvalue weighted by Crippen LogP contribution is 2.30. The normalized spacial score (nSPS) is 17.5. The van der Waals surface area contributed by atoms with Crippen molar-refractivity contribution in [1.82, 2.24) is 9.62 Å². The molecule has 2 aromatic carbocycles. The minimum atomic E-state index is -3.53. The maximum atomic E-state index is 12.9. The Labute approximate surface area is 202 Å². The van der Waals surface area contributed by atoms with Gasteiger partial charge in [0.2, 0.25) is 15.9 Å². The second kappa shape index (κ2) is 10.9. The summed E-state index contributed by atoms with van der Waals surface area (Å²) in [6, 6.07) is 14.8. The lowest BCUT2D eigenvalue weighted by molar-refractivity contribution is -0.126. The molecule has 1 aliphatic heterocycles. The van der Waals surface area contributed by atoms with Gasteiger partial charge in [-0.1, -0.05) is 62.7 Å². The molecule has 0 aromatic heterocycles. The molecular weight excluding hydrogens is 460 g/mol. The molecule has 0 radical (unpaired) electrons. The number of rotatable bonds is 8. The number of carbonyl (C=O) groups is 1. The standard InChI is InChI=1S/C25H33ClN2O4S/c1-25(2,3)22-11-4-5-12-23(22)32-15-13-27-24(29)20-9-7-14-28(17-20)33(30,31)18-19-8-6-10-21(26)16-19/h4-6,8,10-12,16,20H,7,9,13-15,17-18H2,1-3H3,(H,27,29). The highest BCUT2D eigenvalue weighted by molar-refractivity contribution is 7.88. The number of amides is 1. The summed E-state index contributed by atoms with van der Waals surface area (Å²) in [6.45, 7) is 7.73. The van der Waals surface area contributed by atoms with Gasteiger partial charge in [-0.3, -0.25) is 4.79 Å². The van der Waals surface area contributed by atoms with E-state index in [2.05, 4.69) is 26.1 Å². The van der Waals surface area contributed by atoms with Crippen LogP contribution in [0, 0.1) is 5.92 Å². The molecule has 0 spiro atoms. The quantitative estimate of drug-likeness (QED) is 0.555. The first-order valence-electron chi connectivity index (χ1n) is 11.3. The second-order valence-corrected chi connectivity index (χ2v) is 11.9. The van der Waals surface area contributed by atoms with Gasteiger partial charge in [-0.15, -0.1) is 0 Å². The van der Waals surface area contributed by atoms with E-state index >= 15 is 0 Å².